The second kappa shape index (κ2) is 3.47. The van der Waals surface area contributed by atoms with E-state index < -0.39 is 18.7 Å². The van der Waals surface area contributed by atoms with Gasteiger partial charge in [-0.1, -0.05) is 0 Å². The minimum absolute atomic E-state index is 0.0549. The highest BCUT2D eigenvalue weighted by atomic mass is 19.4. The van der Waals surface area contributed by atoms with Crippen LogP contribution in [0, 0.1) is 12.3 Å². The summed E-state index contributed by atoms with van der Waals surface area (Å²) in [5.41, 5.74) is 0. The van der Waals surface area contributed by atoms with Crippen molar-refractivity contribution in [3.8, 4) is 12.3 Å². The van der Waals surface area contributed by atoms with E-state index in [9.17, 15) is 13.2 Å². The maximum Gasteiger partial charge on any atom is 0.414 e. The largest absolute Gasteiger partial charge is 0.414 e. The minimum Gasteiger partial charge on any atom is -0.384 e. The SMILES string of the molecule is C#CCC[C@@H](O)C(F)(F)F. The number of terminal acetylenes is 1. The van der Waals surface area contributed by atoms with Crippen LogP contribution in [0.2, 0.25) is 0 Å². The summed E-state index contributed by atoms with van der Waals surface area (Å²) in [5.74, 6) is 2.01. The first-order valence-electron chi connectivity index (χ1n) is 2.66. The summed E-state index contributed by atoms with van der Waals surface area (Å²) < 4.78 is 34.4. The summed E-state index contributed by atoms with van der Waals surface area (Å²) in [6, 6.07) is 0. The number of hydrogen-bond acceptors (Lipinski definition) is 1. The molecule has 0 aliphatic heterocycles. The lowest BCUT2D eigenvalue weighted by atomic mass is 10.2. The third kappa shape index (κ3) is 3.36. The maximum atomic E-state index is 11.5. The van der Waals surface area contributed by atoms with Crippen molar-refractivity contribution in [2.75, 3.05) is 0 Å². The fraction of sp³-hybridized carbons (Fsp3) is 0.667. The summed E-state index contributed by atoms with van der Waals surface area (Å²) in [7, 11) is 0. The molecular formula is C6H7F3O. The Morgan fingerprint density at radius 1 is 1.50 bits per heavy atom. The topological polar surface area (TPSA) is 20.2 Å². The molecule has 0 heterocycles. The molecular weight excluding hydrogens is 145 g/mol. The number of alkyl halides is 3. The third-order valence-electron chi connectivity index (χ3n) is 0.940. The van der Waals surface area contributed by atoms with Gasteiger partial charge in [0.25, 0.3) is 0 Å². The second-order valence-corrected chi connectivity index (χ2v) is 1.80. The Hall–Kier alpha value is -0.690. The van der Waals surface area contributed by atoms with Crippen LogP contribution in [-0.2, 0) is 0 Å². The van der Waals surface area contributed by atoms with Crippen LogP contribution in [-0.4, -0.2) is 17.4 Å². The molecule has 1 N–H and O–H groups in total. The molecule has 0 rings (SSSR count). The smallest absolute Gasteiger partial charge is 0.384 e. The molecule has 10 heavy (non-hydrogen) atoms. The molecule has 0 fully saturated rings. The van der Waals surface area contributed by atoms with Crippen molar-refractivity contribution in [2.24, 2.45) is 0 Å². The minimum atomic E-state index is -4.53. The maximum absolute atomic E-state index is 11.5. The van der Waals surface area contributed by atoms with Crippen LogP contribution in [0.5, 0.6) is 0 Å². The molecule has 0 saturated carbocycles. The Morgan fingerprint density at radius 2 is 2.00 bits per heavy atom. The summed E-state index contributed by atoms with van der Waals surface area (Å²) in [5, 5.41) is 8.30. The lowest BCUT2D eigenvalue weighted by molar-refractivity contribution is -0.204. The fourth-order valence-corrected chi connectivity index (χ4v) is 0.384. The van der Waals surface area contributed by atoms with Gasteiger partial charge < -0.3 is 5.11 Å². The van der Waals surface area contributed by atoms with Gasteiger partial charge in [0, 0.05) is 6.42 Å². The van der Waals surface area contributed by atoms with Gasteiger partial charge in [-0.2, -0.15) is 13.2 Å². The molecule has 1 nitrogen and oxygen atoms in total. The molecule has 0 unspecified atom stereocenters. The summed E-state index contributed by atoms with van der Waals surface area (Å²) >= 11 is 0. The highest BCUT2D eigenvalue weighted by Gasteiger charge is 2.37. The predicted molar refractivity (Wildman–Crippen MR) is 30.1 cm³/mol. The van der Waals surface area contributed by atoms with Crippen LogP contribution in [0.15, 0.2) is 0 Å². The van der Waals surface area contributed by atoms with Crippen LogP contribution in [0.1, 0.15) is 12.8 Å². The molecule has 1 atom stereocenters. The summed E-state index contributed by atoms with van der Waals surface area (Å²) in [6.45, 7) is 0. The van der Waals surface area contributed by atoms with Crippen LogP contribution >= 0.6 is 0 Å². The van der Waals surface area contributed by atoms with Gasteiger partial charge in [-0.05, 0) is 6.42 Å². The van der Waals surface area contributed by atoms with E-state index in [0.29, 0.717) is 0 Å². The van der Waals surface area contributed by atoms with Gasteiger partial charge in [0.05, 0.1) is 0 Å². The van der Waals surface area contributed by atoms with E-state index in [0.717, 1.165) is 0 Å². The first-order valence-corrected chi connectivity index (χ1v) is 2.66. The molecule has 58 valence electrons. The van der Waals surface area contributed by atoms with E-state index >= 15 is 0 Å². The van der Waals surface area contributed by atoms with Crippen LogP contribution in [0.4, 0.5) is 13.2 Å². The van der Waals surface area contributed by atoms with Gasteiger partial charge in [-0.3, -0.25) is 0 Å². The van der Waals surface area contributed by atoms with E-state index in [2.05, 4.69) is 0 Å². The fourth-order valence-electron chi connectivity index (χ4n) is 0.384. The number of aliphatic hydroxyl groups excluding tert-OH is 1. The Balaban J connectivity index is 3.65. The molecule has 4 heteroatoms. The average Bonchev–Trinajstić information content (AvgIpc) is 1.80. The monoisotopic (exact) mass is 152 g/mol. The first-order chi connectivity index (χ1) is 4.48. The third-order valence-corrected chi connectivity index (χ3v) is 0.940. The second-order valence-electron chi connectivity index (χ2n) is 1.80. The summed E-state index contributed by atoms with van der Waals surface area (Å²) in [6.07, 6.45) is -2.59. The molecule has 0 saturated heterocycles. The van der Waals surface area contributed by atoms with Gasteiger partial charge in [0.1, 0.15) is 0 Å². The van der Waals surface area contributed by atoms with E-state index in [-0.39, 0.29) is 6.42 Å². The van der Waals surface area contributed by atoms with Gasteiger partial charge in [0.15, 0.2) is 6.10 Å². The lowest BCUT2D eigenvalue weighted by Crippen LogP contribution is -2.27. The van der Waals surface area contributed by atoms with E-state index in [4.69, 9.17) is 11.5 Å². The van der Waals surface area contributed by atoms with Gasteiger partial charge in [0.2, 0.25) is 0 Å². The molecule has 0 aromatic carbocycles. The van der Waals surface area contributed by atoms with Gasteiger partial charge in [-0.25, -0.2) is 0 Å². The molecule has 0 amide bonds. The standard InChI is InChI=1S/C6H7F3O/c1-2-3-4-5(10)6(7,8)9/h1,5,10H,3-4H2/t5-/m1/s1. The van der Waals surface area contributed by atoms with E-state index in [1.165, 1.54) is 0 Å². The number of aliphatic hydroxyl groups is 1. The summed E-state index contributed by atoms with van der Waals surface area (Å²) in [4.78, 5) is 0. The van der Waals surface area contributed by atoms with E-state index in [1.54, 1.807) is 0 Å². The Kier molecular flexibility index (Phi) is 3.23. The number of rotatable bonds is 2. The van der Waals surface area contributed by atoms with Crippen molar-refractivity contribution in [3.05, 3.63) is 0 Å². The zero-order valence-electron chi connectivity index (χ0n) is 5.15. The molecule has 0 aromatic heterocycles. The number of halogens is 3. The highest BCUT2D eigenvalue weighted by molar-refractivity contribution is 4.85. The predicted octanol–water partition coefficient (Wildman–Crippen LogP) is 1.32. The Labute approximate surface area is 56.9 Å². The van der Waals surface area contributed by atoms with Crippen LogP contribution in [0.3, 0.4) is 0 Å². The van der Waals surface area contributed by atoms with Crippen LogP contribution < -0.4 is 0 Å². The average molecular weight is 152 g/mol. The number of hydrogen-bond donors (Lipinski definition) is 1. The Bertz CT molecular complexity index is 133. The molecule has 0 aliphatic carbocycles. The van der Waals surface area contributed by atoms with Gasteiger partial charge >= 0.3 is 6.18 Å². The highest BCUT2D eigenvalue weighted by Crippen LogP contribution is 2.22. The van der Waals surface area contributed by atoms with Crippen molar-refractivity contribution in [1.29, 1.82) is 0 Å². The van der Waals surface area contributed by atoms with Gasteiger partial charge in [-0.15, -0.1) is 12.3 Å². The van der Waals surface area contributed by atoms with Crippen molar-refractivity contribution in [3.63, 3.8) is 0 Å². The van der Waals surface area contributed by atoms with Crippen molar-refractivity contribution in [1.82, 2.24) is 0 Å². The molecule has 0 aromatic rings. The quantitative estimate of drug-likeness (QED) is 0.591. The van der Waals surface area contributed by atoms with Crippen molar-refractivity contribution >= 4 is 0 Å². The molecule has 0 radical (unpaired) electrons. The molecule has 0 bridgehead atoms. The van der Waals surface area contributed by atoms with Crippen molar-refractivity contribution < 1.29 is 18.3 Å². The Morgan fingerprint density at radius 3 is 2.30 bits per heavy atom. The molecule has 0 aliphatic rings. The lowest BCUT2D eigenvalue weighted by Gasteiger charge is -2.11. The zero-order chi connectivity index (χ0) is 8.20. The van der Waals surface area contributed by atoms with Crippen molar-refractivity contribution in [2.45, 2.75) is 25.1 Å². The normalized spacial score (nSPS) is 14.3. The zero-order valence-corrected chi connectivity index (χ0v) is 5.15. The first kappa shape index (κ1) is 9.31. The molecule has 0 spiro atoms. The van der Waals surface area contributed by atoms with Crippen LogP contribution in [0.25, 0.3) is 0 Å². The van der Waals surface area contributed by atoms with E-state index in [1.807, 2.05) is 5.92 Å².